The Balaban J connectivity index is 1.89. The average molecular weight is 274 g/mol. The normalized spacial score (nSPS) is 30.1. The Morgan fingerprint density at radius 2 is 1.95 bits per heavy atom. The molecular weight excluding hydrogens is 252 g/mol. The summed E-state index contributed by atoms with van der Waals surface area (Å²) in [5.41, 5.74) is 0.0435. The van der Waals surface area contributed by atoms with Crippen LogP contribution in [0.4, 0.5) is 0 Å². The van der Waals surface area contributed by atoms with E-state index >= 15 is 0 Å². The molecule has 2 fully saturated rings. The molecular formula is C17H22O3. The van der Waals surface area contributed by atoms with Crippen LogP contribution in [0.5, 0.6) is 0 Å². The predicted molar refractivity (Wildman–Crippen MR) is 76.7 cm³/mol. The highest BCUT2D eigenvalue weighted by atomic mass is 16.5. The van der Waals surface area contributed by atoms with E-state index in [4.69, 9.17) is 4.74 Å². The van der Waals surface area contributed by atoms with Crippen LogP contribution >= 0.6 is 0 Å². The van der Waals surface area contributed by atoms with Gasteiger partial charge in [0, 0.05) is 6.61 Å². The van der Waals surface area contributed by atoms with Gasteiger partial charge in [-0.05, 0) is 37.2 Å². The summed E-state index contributed by atoms with van der Waals surface area (Å²) in [5.74, 6) is -0.0663. The molecule has 1 aromatic rings. The minimum absolute atomic E-state index is 0.184. The Morgan fingerprint density at radius 3 is 2.60 bits per heavy atom. The van der Waals surface area contributed by atoms with Crippen LogP contribution in [0.2, 0.25) is 0 Å². The molecule has 0 saturated heterocycles. The number of benzene rings is 1. The number of ether oxygens (including phenoxy) is 1. The summed E-state index contributed by atoms with van der Waals surface area (Å²) < 4.78 is 6.06. The van der Waals surface area contributed by atoms with Gasteiger partial charge >= 0.3 is 5.97 Å². The first-order chi connectivity index (χ1) is 9.73. The zero-order chi connectivity index (χ0) is 14.0. The lowest BCUT2D eigenvalue weighted by molar-refractivity contribution is -0.154. The van der Waals surface area contributed by atoms with Gasteiger partial charge < -0.3 is 9.84 Å². The Hall–Kier alpha value is -1.35. The van der Waals surface area contributed by atoms with Gasteiger partial charge in [0.25, 0.3) is 0 Å². The number of carboxylic acid groups (broad SMARTS) is 1. The second-order valence-electron chi connectivity index (χ2n) is 6.15. The fourth-order valence-electron chi connectivity index (χ4n) is 3.34. The number of hydrogen-bond donors (Lipinski definition) is 1. The van der Waals surface area contributed by atoms with Gasteiger partial charge in [-0.2, -0.15) is 0 Å². The molecule has 20 heavy (non-hydrogen) atoms. The Morgan fingerprint density at radius 1 is 1.20 bits per heavy atom. The monoisotopic (exact) mass is 274 g/mol. The summed E-state index contributed by atoms with van der Waals surface area (Å²) in [6, 6.07) is 9.65. The van der Waals surface area contributed by atoms with Gasteiger partial charge in [0.2, 0.25) is 0 Å². The fourth-order valence-corrected chi connectivity index (χ4v) is 3.34. The SMILES string of the molecule is O=C(O)C1(c2ccccc2)CCCCC1OCC1CC1. The number of hydrogen-bond acceptors (Lipinski definition) is 2. The summed E-state index contributed by atoms with van der Waals surface area (Å²) in [4.78, 5) is 12.1. The Labute approximate surface area is 120 Å². The molecule has 3 heteroatoms. The van der Waals surface area contributed by atoms with E-state index in [0.29, 0.717) is 12.3 Å². The van der Waals surface area contributed by atoms with Gasteiger partial charge in [0.05, 0.1) is 6.10 Å². The van der Waals surface area contributed by atoms with Crippen LogP contribution in [-0.2, 0) is 14.9 Å². The van der Waals surface area contributed by atoms with Crippen molar-refractivity contribution in [3.63, 3.8) is 0 Å². The van der Waals surface area contributed by atoms with Crippen LogP contribution < -0.4 is 0 Å². The minimum Gasteiger partial charge on any atom is -0.481 e. The van der Waals surface area contributed by atoms with Crippen molar-refractivity contribution >= 4 is 5.97 Å². The van der Waals surface area contributed by atoms with Crippen molar-refractivity contribution < 1.29 is 14.6 Å². The van der Waals surface area contributed by atoms with Crippen molar-refractivity contribution in [3.8, 4) is 0 Å². The minimum atomic E-state index is -0.853. The van der Waals surface area contributed by atoms with E-state index < -0.39 is 11.4 Å². The van der Waals surface area contributed by atoms with Gasteiger partial charge in [0.15, 0.2) is 0 Å². The lowest BCUT2D eigenvalue weighted by Gasteiger charge is -2.41. The van der Waals surface area contributed by atoms with Crippen LogP contribution in [0.25, 0.3) is 0 Å². The highest BCUT2D eigenvalue weighted by molar-refractivity contribution is 5.82. The van der Waals surface area contributed by atoms with Crippen LogP contribution in [0.1, 0.15) is 44.1 Å². The van der Waals surface area contributed by atoms with E-state index in [1.54, 1.807) is 0 Å². The van der Waals surface area contributed by atoms with Crippen molar-refractivity contribution in [1.82, 2.24) is 0 Å². The van der Waals surface area contributed by atoms with E-state index in [9.17, 15) is 9.90 Å². The smallest absolute Gasteiger partial charge is 0.316 e. The maximum Gasteiger partial charge on any atom is 0.316 e. The van der Waals surface area contributed by atoms with Crippen LogP contribution in [0.15, 0.2) is 30.3 Å². The fraction of sp³-hybridized carbons (Fsp3) is 0.588. The zero-order valence-electron chi connectivity index (χ0n) is 11.8. The number of carboxylic acids is 1. The molecule has 0 bridgehead atoms. The third-order valence-corrected chi connectivity index (χ3v) is 4.74. The van der Waals surface area contributed by atoms with Gasteiger partial charge in [0.1, 0.15) is 5.41 Å². The summed E-state index contributed by atoms with van der Waals surface area (Å²) in [6.07, 6.45) is 5.85. The zero-order valence-corrected chi connectivity index (χ0v) is 11.8. The van der Waals surface area contributed by atoms with Gasteiger partial charge in [-0.25, -0.2) is 0 Å². The molecule has 0 aromatic heterocycles. The quantitative estimate of drug-likeness (QED) is 0.895. The lowest BCUT2D eigenvalue weighted by Crippen LogP contribution is -2.50. The molecule has 1 N–H and O–H groups in total. The predicted octanol–water partition coefficient (Wildman–Crippen LogP) is 3.38. The maximum absolute atomic E-state index is 12.1. The molecule has 0 aliphatic heterocycles. The molecule has 0 spiro atoms. The van der Waals surface area contributed by atoms with Crippen molar-refractivity contribution in [1.29, 1.82) is 0 Å². The summed E-state index contributed by atoms with van der Waals surface area (Å²) in [6.45, 7) is 0.729. The van der Waals surface area contributed by atoms with E-state index in [1.165, 1.54) is 12.8 Å². The Kier molecular flexibility index (Phi) is 3.79. The average Bonchev–Trinajstić information content (AvgIpc) is 3.30. The summed E-state index contributed by atoms with van der Waals surface area (Å²) in [7, 11) is 0. The molecule has 2 aliphatic carbocycles. The van der Waals surface area contributed by atoms with Crippen molar-refractivity contribution in [2.75, 3.05) is 6.61 Å². The second kappa shape index (κ2) is 5.57. The van der Waals surface area contributed by atoms with Crippen molar-refractivity contribution in [2.24, 2.45) is 5.92 Å². The van der Waals surface area contributed by atoms with E-state index in [0.717, 1.165) is 31.4 Å². The standard InChI is InChI=1S/C17H22O3/c18-16(19)17(14-6-2-1-3-7-14)11-5-4-8-15(17)20-12-13-9-10-13/h1-3,6-7,13,15H,4-5,8-12H2,(H,18,19). The van der Waals surface area contributed by atoms with Crippen LogP contribution in [-0.4, -0.2) is 23.8 Å². The number of aliphatic carboxylic acids is 1. The topological polar surface area (TPSA) is 46.5 Å². The number of rotatable bonds is 5. The molecule has 0 amide bonds. The first kappa shape index (κ1) is 13.6. The molecule has 3 rings (SSSR count). The third kappa shape index (κ3) is 2.47. The van der Waals surface area contributed by atoms with Crippen molar-refractivity contribution in [3.05, 3.63) is 35.9 Å². The van der Waals surface area contributed by atoms with Gasteiger partial charge in [-0.15, -0.1) is 0 Å². The molecule has 0 heterocycles. The summed E-state index contributed by atoms with van der Waals surface area (Å²) in [5, 5.41) is 9.91. The maximum atomic E-state index is 12.1. The van der Waals surface area contributed by atoms with E-state index in [2.05, 4.69) is 0 Å². The highest BCUT2D eigenvalue weighted by Crippen LogP contribution is 2.42. The first-order valence-corrected chi connectivity index (χ1v) is 7.64. The molecule has 2 atom stereocenters. The third-order valence-electron chi connectivity index (χ3n) is 4.74. The van der Waals surface area contributed by atoms with Gasteiger partial charge in [-0.1, -0.05) is 43.2 Å². The highest BCUT2D eigenvalue weighted by Gasteiger charge is 2.49. The Bertz CT molecular complexity index is 466. The molecule has 2 unspecified atom stereocenters. The lowest BCUT2D eigenvalue weighted by atomic mass is 9.67. The van der Waals surface area contributed by atoms with Crippen LogP contribution in [0, 0.1) is 5.92 Å². The molecule has 108 valence electrons. The largest absolute Gasteiger partial charge is 0.481 e. The molecule has 3 nitrogen and oxygen atoms in total. The molecule has 2 saturated carbocycles. The number of carbonyl (C=O) groups is 1. The second-order valence-corrected chi connectivity index (χ2v) is 6.15. The van der Waals surface area contributed by atoms with E-state index in [1.807, 2.05) is 30.3 Å². The van der Waals surface area contributed by atoms with Crippen molar-refractivity contribution in [2.45, 2.75) is 50.0 Å². The van der Waals surface area contributed by atoms with Crippen LogP contribution in [0.3, 0.4) is 0 Å². The first-order valence-electron chi connectivity index (χ1n) is 7.64. The van der Waals surface area contributed by atoms with E-state index in [-0.39, 0.29) is 6.10 Å². The summed E-state index contributed by atoms with van der Waals surface area (Å²) >= 11 is 0. The molecule has 2 aliphatic rings. The molecule has 1 aromatic carbocycles. The molecule has 0 radical (unpaired) electrons. The van der Waals surface area contributed by atoms with Gasteiger partial charge in [-0.3, -0.25) is 4.79 Å².